The van der Waals surface area contributed by atoms with Gasteiger partial charge in [-0.3, -0.25) is 10.1 Å². The van der Waals surface area contributed by atoms with Gasteiger partial charge >= 0.3 is 5.69 Å². The first-order valence-electron chi connectivity index (χ1n) is 6.52. The highest BCUT2D eigenvalue weighted by Gasteiger charge is 2.16. The van der Waals surface area contributed by atoms with Crippen molar-refractivity contribution in [2.75, 3.05) is 17.2 Å². The Morgan fingerprint density at radius 3 is 2.71 bits per heavy atom. The Labute approximate surface area is 136 Å². The predicted molar refractivity (Wildman–Crippen MR) is 92.1 cm³/mol. The van der Waals surface area contributed by atoms with Gasteiger partial charge in [-0.05, 0) is 47.2 Å². The lowest BCUT2D eigenvalue weighted by Gasteiger charge is -2.10. The Balaban J connectivity index is 2.34. The third-order valence-electron chi connectivity index (χ3n) is 2.75. The molecular weight excluding hydrogens is 383 g/mol. The van der Waals surface area contributed by atoms with Crippen molar-refractivity contribution in [1.82, 2.24) is 4.98 Å². The number of pyridine rings is 1. The topological polar surface area (TPSA) is 80.1 Å². The van der Waals surface area contributed by atoms with Crippen LogP contribution in [0.15, 0.2) is 36.4 Å². The van der Waals surface area contributed by atoms with E-state index in [4.69, 9.17) is 0 Å². The van der Waals surface area contributed by atoms with Crippen LogP contribution in [0.2, 0.25) is 0 Å². The molecule has 0 aliphatic heterocycles. The fraction of sp³-hybridized carbons (Fsp3) is 0.214. The molecule has 1 aromatic heterocycles. The summed E-state index contributed by atoms with van der Waals surface area (Å²) in [6.07, 6.45) is 0.956. The summed E-state index contributed by atoms with van der Waals surface area (Å²) in [6, 6.07) is 10.6. The molecule has 6 nitrogen and oxygen atoms in total. The first-order chi connectivity index (χ1) is 10.1. The molecule has 1 heterocycles. The molecule has 0 spiro atoms. The monoisotopic (exact) mass is 398 g/mol. The molecule has 1 aromatic carbocycles. The number of hydrogen-bond acceptors (Lipinski definition) is 5. The van der Waals surface area contributed by atoms with E-state index in [-0.39, 0.29) is 11.5 Å². The van der Waals surface area contributed by atoms with Gasteiger partial charge in [0, 0.05) is 16.2 Å². The van der Waals surface area contributed by atoms with Gasteiger partial charge in [-0.2, -0.15) is 0 Å². The average molecular weight is 398 g/mol. The number of anilines is 3. The molecule has 2 N–H and O–H groups in total. The number of para-hydroxylation sites is 1. The Hall–Kier alpha value is -1.90. The van der Waals surface area contributed by atoms with Crippen LogP contribution in [0.4, 0.5) is 23.0 Å². The zero-order valence-electron chi connectivity index (χ0n) is 11.5. The second-order valence-electron chi connectivity index (χ2n) is 4.35. The Bertz CT molecular complexity index is 649. The number of nitro groups is 1. The minimum Gasteiger partial charge on any atom is -0.370 e. The third-order valence-corrected chi connectivity index (χ3v) is 3.69. The summed E-state index contributed by atoms with van der Waals surface area (Å²) in [7, 11) is 0. The standard InChI is InChI=1S/C14H15IN4O2/c1-2-9-16-13-8-7-12(19(20)21)14(18-13)17-11-6-4-3-5-10(11)15/h3-8H,2,9H2,1H3,(H2,16,17,18). The van der Waals surface area contributed by atoms with Gasteiger partial charge in [0.05, 0.1) is 10.6 Å². The van der Waals surface area contributed by atoms with E-state index < -0.39 is 4.92 Å². The lowest BCUT2D eigenvalue weighted by Crippen LogP contribution is -2.06. The second-order valence-corrected chi connectivity index (χ2v) is 5.52. The number of aromatic nitrogens is 1. The van der Waals surface area contributed by atoms with Crippen molar-refractivity contribution >= 4 is 45.6 Å². The van der Waals surface area contributed by atoms with Gasteiger partial charge in [-0.25, -0.2) is 4.98 Å². The molecule has 0 unspecified atom stereocenters. The lowest BCUT2D eigenvalue weighted by atomic mass is 10.3. The summed E-state index contributed by atoms with van der Waals surface area (Å²) in [5.41, 5.74) is 0.748. The molecule has 21 heavy (non-hydrogen) atoms. The first kappa shape index (κ1) is 15.5. The first-order valence-corrected chi connectivity index (χ1v) is 7.60. The van der Waals surface area contributed by atoms with E-state index in [0.29, 0.717) is 5.82 Å². The molecule has 0 aliphatic rings. The van der Waals surface area contributed by atoms with Crippen LogP contribution in [0.25, 0.3) is 0 Å². The summed E-state index contributed by atoms with van der Waals surface area (Å²) in [5.74, 6) is 0.862. The molecule has 0 bridgehead atoms. The zero-order valence-corrected chi connectivity index (χ0v) is 13.6. The fourth-order valence-electron chi connectivity index (χ4n) is 1.73. The van der Waals surface area contributed by atoms with Crippen LogP contribution in [-0.2, 0) is 0 Å². The van der Waals surface area contributed by atoms with Gasteiger partial charge in [0.1, 0.15) is 5.82 Å². The predicted octanol–water partition coefficient (Wildman–Crippen LogP) is 4.16. The minimum atomic E-state index is -0.436. The van der Waals surface area contributed by atoms with Gasteiger partial charge in [0.2, 0.25) is 5.82 Å². The highest BCUT2D eigenvalue weighted by Crippen LogP contribution is 2.29. The van der Waals surface area contributed by atoms with Crippen LogP contribution in [-0.4, -0.2) is 16.5 Å². The van der Waals surface area contributed by atoms with E-state index in [9.17, 15) is 10.1 Å². The minimum absolute atomic E-state index is 0.0447. The van der Waals surface area contributed by atoms with Gasteiger partial charge in [-0.15, -0.1) is 0 Å². The SMILES string of the molecule is CCCNc1ccc([N+](=O)[O-])c(Nc2ccccc2I)n1. The number of rotatable bonds is 6. The van der Waals surface area contributed by atoms with Gasteiger partial charge in [0.15, 0.2) is 0 Å². The Morgan fingerprint density at radius 2 is 2.05 bits per heavy atom. The van der Waals surface area contributed by atoms with E-state index in [0.717, 1.165) is 22.2 Å². The molecular formula is C14H15IN4O2. The van der Waals surface area contributed by atoms with Crippen molar-refractivity contribution < 1.29 is 4.92 Å². The van der Waals surface area contributed by atoms with E-state index >= 15 is 0 Å². The molecule has 2 rings (SSSR count). The maximum absolute atomic E-state index is 11.1. The number of nitrogens with zero attached hydrogens (tertiary/aromatic N) is 2. The Kier molecular flexibility index (Phi) is 5.32. The van der Waals surface area contributed by atoms with Crippen molar-refractivity contribution in [2.45, 2.75) is 13.3 Å². The van der Waals surface area contributed by atoms with Crippen molar-refractivity contribution in [3.05, 3.63) is 50.1 Å². The molecule has 0 amide bonds. The Morgan fingerprint density at radius 1 is 1.29 bits per heavy atom. The molecule has 0 saturated carbocycles. The van der Waals surface area contributed by atoms with Gasteiger partial charge in [-0.1, -0.05) is 19.1 Å². The van der Waals surface area contributed by atoms with Crippen molar-refractivity contribution in [3.8, 4) is 0 Å². The van der Waals surface area contributed by atoms with E-state index in [1.165, 1.54) is 6.07 Å². The summed E-state index contributed by atoms with van der Waals surface area (Å²) in [4.78, 5) is 15.0. The smallest absolute Gasteiger partial charge is 0.311 e. The molecule has 0 saturated heterocycles. The molecule has 0 aliphatic carbocycles. The van der Waals surface area contributed by atoms with Crippen molar-refractivity contribution in [2.24, 2.45) is 0 Å². The number of hydrogen-bond donors (Lipinski definition) is 2. The maximum atomic E-state index is 11.1. The molecule has 0 fully saturated rings. The van der Waals surface area contributed by atoms with Crippen LogP contribution in [0.1, 0.15) is 13.3 Å². The van der Waals surface area contributed by atoms with Crippen molar-refractivity contribution in [1.29, 1.82) is 0 Å². The summed E-state index contributed by atoms with van der Waals surface area (Å²) < 4.78 is 0.970. The van der Waals surface area contributed by atoms with E-state index in [1.807, 2.05) is 31.2 Å². The third kappa shape index (κ3) is 4.03. The normalized spacial score (nSPS) is 10.2. The summed E-state index contributed by atoms with van der Waals surface area (Å²) in [5, 5.41) is 17.3. The second kappa shape index (κ2) is 7.21. The summed E-state index contributed by atoms with van der Waals surface area (Å²) >= 11 is 2.17. The fourth-order valence-corrected chi connectivity index (χ4v) is 2.26. The molecule has 110 valence electrons. The quantitative estimate of drug-likeness (QED) is 0.434. The highest BCUT2D eigenvalue weighted by atomic mass is 127. The number of benzene rings is 1. The average Bonchev–Trinajstić information content (AvgIpc) is 2.47. The van der Waals surface area contributed by atoms with E-state index in [1.54, 1.807) is 6.07 Å². The molecule has 0 atom stereocenters. The summed E-state index contributed by atoms with van der Waals surface area (Å²) in [6.45, 7) is 2.82. The van der Waals surface area contributed by atoms with Crippen molar-refractivity contribution in [3.63, 3.8) is 0 Å². The molecule has 7 heteroatoms. The maximum Gasteiger partial charge on any atom is 0.311 e. The van der Waals surface area contributed by atoms with Crippen LogP contribution in [0, 0.1) is 13.7 Å². The van der Waals surface area contributed by atoms with Crippen LogP contribution in [0.3, 0.4) is 0 Å². The largest absolute Gasteiger partial charge is 0.370 e. The zero-order chi connectivity index (χ0) is 15.2. The number of nitrogens with one attached hydrogen (secondary N) is 2. The highest BCUT2D eigenvalue weighted by molar-refractivity contribution is 14.1. The van der Waals surface area contributed by atoms with E-state index in [2.05, 4.69) is 38.2 Å². The molecule has 2 aromatic rings. The lowest BCUT2D eigenvalue weighted by molar-refractivity contribution is -0.384. The van der Waals surface area contributed by atoms with Gasteiger partial charge in [0.25, 0.3) is 0 Å². The van der Waals surface area contributed by atoms with Crippen LogP contribution < -0.4 is 10.6 Å². The molecule has 0 radical (unpaired) electrons. The van der Waals surface area contributed by atoms with Crippen LogP contribution in [0.5, 0.6) is 0 Å². The number of halogens is 1. The van der Waals surface area contributed by atoms with Gasteiger partial charge < -0.3 is 10.6 Å². The van der Waals surface area contributed by atoms with Crippen LogP contribution >= 0.6 is 22.6 Å².